The number of halogens is 2. The zero-order valence-electron chi connectivity index (χ0n) is 17.6. The number of carbonyl (C=O) groups is 1. The second-order valence-electron chi connectivity index (χ2n) is 7.17. The van der Waals surface area contributed by atoms with Gasteiger partial charge in [0.25, 0.3) is 5.91 Å². The van der Waals surface area contributed by atoms with E-state index in [-0.39, 0.29) is 5.91 Å². The number of amides is 1. The minimum Gasteiger partial charge on any atom is -0.493 e. The van der Waals surface area contributed by atoms with E-state index in [0.717, 1.165) is 16.0 Å². The van der Waals surface area contributed by atoms with Crippen molar-refractivity contribution in [3.8, 4) is 11.5 Å². The van der Waals surface area contributed by atoms with Gasteiger partial charge >= 0.3 is 0 Å². The van der Waals surface area contributed by atoms with Gasteiger partial charge in [0.15, 0.2) is 17.5 Å². The molecule has 0 spiro atoms. The summed E-state index contributed by atoms with van der Waals surface area (Å²) in [5.41, 5.74) is 2.39. The molecule has 7 heteroatoms. The molecule has 0 aliphatic heterocycles. The van der Waals surface area contributed by atoms with Crippen LogP contribution < -0.4 is 19.7 Å². The molecule has 0 saturated carbocycles. The summed E-state index contributed by atoms with van der Waals surface area (Å²) in [6, 6.07) is 19.9. The molecular formula is C24H25Cl2N2O3+. The number of likely N-dealkylation sites (N-methyl/N-ethyl adjacent to an activating group) is 1. The van der Waals surface area contributed by atoms with E-state index in [4.69, 9.17) is 32.7 Å². The van der Waals surface area contributed by atoms with Gasteiger partial charge in [-0.1, -0.05) is 59.6 Å². The van der Waals surface area contributed by atoms with Crippen molar-refractivity contribution in [2.75, 3.05) is 26.6 Å². The lowest BCUT2D eigenvalue weighted by Crippen LogP contribution is -3.09. The molecule has 5 nitrogen and oxygen atoms in total. The number of para-hydroxylation sites is 1. The Morgan fingerprint density at radius 1 is 0.968 bits per heavy atom. The molecule has 0 bridgehead atoms. The largest absolute Gasteiger partial charge is 0.493 e. The first kappa shape index (κ1) is 22.9. The van der Waals surface area contributed by atoms with Crippen LogP contribution in [0.1, 0.15) is 17.2 Å². The average Bonchev–Trinajstić information content (AvgIpc) is 2.73. The minimum absolute atomic E-state index is 0.163. The van der Waals surface area contributed by atoms with E-state index in [1.165, 1.54) is 0 Å². The number of carbonyl (C=O) groups excluding carboxylic acids is 1. The van der Waals surface area contributed by atoms with Crippen molar-refractivity contribution in [2.24, 2.45) is 0 Å². The Labute approximate surface area is 192 Å². The third-order valence-corrected chi connectivity index (χ3v) is 5.41. The third kappa shape index (κ3) is 5.70. The predicted octanol–water partition coefficient (Wildman–Crippen LogP) is 4.41. The maximum atomic E-state index is 13.4. The van der Waals surface area contributed by atoms with Crippen molar-refractivity contribution in [1.82, 2.24) is 0 Å². The Morgan fingerprint density at radius 3 is 2.26 bits per heavy atom. The molecule has 0 aliphatic carbocycles. The molecule has 0 aromatic heterocycles. The van der Waals surface area contributed by atoms with Gasteiger partial charge in [0, 0.05) is 21.3 Å². The molecule has 3 aromatic carbocycles. The van der Waals surface area contributed by atoms with Crippen LogP contribution in [-0.4, -0.2) is 27.2 Å². The van der Waals surface area contributed by atoms with Crippen molar-refractivity contribution in [3.63, 3.8) is 0 Å². The molecule has 3 aromatic rings. The number of benzene rings is 3. The van der Waals surface area contributed by atoms with E-state index in [0.29, 0.717) is 33.8 Å². The van der Waals surface area contributed by atoms with Crippen molar-refractivity contribution in [1.29, 1.82) is 0 Å². The molecule has 0 fully saturated rings. The molecule has 162 valence electrons. The van der Waals surface area contributed by atoms with Crippen LogP contribution in [0.3, 0.4) is 0 Å². The lowest BCUT2D eigenvalue weighted by atomic mass is 10.0. The van der Waals surface area contributed by atoms with Crippen molar-refractivity contribution in [2.45, 2.75) is 12.6 Å². The topological polar surface area (TPSA) is 52.0 Å². The maximum Gasteiger partial charge on any atom is 0.287 e. The first-order valence-electron chi connectivity index (χ1n) is 9.77. The van der Waals surface area contributed by atoms with Gasteiger partial charge in [0.1, 0.15) is 6.54 Å². The Kier molecular flexibility index (Phi) is 7.80. The fourth-order valence-electron chi connectivity index (χ4n) is 3.64. The third-order valence-electron chi connectivity index (χ3n) is 4.97. The molecule has 2 atom stereocenters. The van der Waals surface area contributed by atoms with Crippen LogP contribution in [0, 0.1) is 0 Å². The lowest BCUT2D eigenvalue weighted by Gasteiger charge is -2.25. The number of ether oxygens (including phenoxy) is 2. The Balaban J connectivity index is 1.91. The molecule has 0 heterocycles. The monoisotopic (exact) mass is 459 g/mol. The summed E-state index contributed by atoms with van der Waals surface area (Å²) >= 11 is 12.2. The fraction of sp³-hybridized carbons (Fsp3) is 0.208. The van der Waals surface area contributed by atoms with E-state index < -0.39 is 6.04 Å². The molecular weight excluding hydrogens is 435 g/mol. The summed E-state index contributed by atoms with van der Waals surface area (Å²) in [4.78, 5) is 14.3. The maximum absolute atomic E-state index is 13.4. The SMILES string of the molecule is COc1cccc(C[NH+](C)[C@H](C(=O)Nc2cc(Cl)cc(Cl)c2)c2ccccc2)c1OC. The normalized spacial score (nSPS) is 12.7. The lowest BCUT2D eigenvalue weighted by molar-refractivity contribution is -0.915. The molecule has 0 radical (unpaired) electrons. The molecule has 3 rings (SSSR count). The van der Waals surface area contributed by atoms with E-state index in [1.54, 1.807) is 32.4 Å². The summed E-state index contributed by atoms with van der Waals surface area (Å²) in [5, 5.41) is 3.87. The highest BCUT2D eigenvalue weighted by molar-refractivity contribution is 6.35. The highest BCUT2D eigenvalue weighted by Crippen LogP contribution is 2.30. The number of methoxy groups -OCH3 is 2. The zero-order chi connectivity index (χ0) is 22.4. The van der Waals surface area contributed by atoms with Gasteiger partial charge in [-0.2, -0.15) is 0 Å². The van der Waals surface area contributed by atoms with Crippen molar-refractivity contribution < 1.29 is 19.2 Å². The average molecular weight is 460 g/mol. The number of hydrogen-bond donors (Lipinski definition) is 2. The Hall–Kier alpha value is -2.73. The predicted molar refractivity (Wildman–Crippen MR) is 124 cm³/mol. The van der Waals surface area contributed by atoms with E-state index in [9.17, 15) is 4.79 Å². The number of rotatable bonds is 8. The summed E-state index contributed by atoms with van der Waals surface area (Å²) in [6.45, 7) is 0.545. The summed E-state index contributed by atoms with van der Waals surface area (Å²) in [5.74, 6) is 1.16. The first-order valence-corrected chi connectivity index (χ1v) is 10.5. The highest BCUT2D eigenvalue weighted by atomic mass is 35.5. The van der Waals surface area contributed by atoms with Gasteiger partial charge in [0.05, 0.1) is 26.8 Å². The van der Waals surface area contributed by atoms with Crippen LogP contribution in [0.15, 0.2) is 66.7 Å². The van der Waals surface area contributed by atoms with Gasteiger partial charge in [-0.05, 0) is 30.3 Å². The number of anilines is 1. The number of nitrogens with one attached hydrogen (secondary N) is 2. The first-order chi connectivity index (χ1) is 14.9. The van der Waals surface area contributed by atoms with Crippen LogP contribution >= 0.6 is 23.2 Å². The standard InChI is InChI=1S/C24H24Cl2N2O3/c1-28(15-17-10-7-11-21(30-2)23(17)31-3)22(16-8-5-4-6-9-16)24(29)27-20-13-18(25)12-19(26)14-20/h4-14,22H,15H2,1-3H3,(H,27,29)/p+1/t22-/m0/s1. The summed E-state index contributed by atoms with van der Waals surface area (Å²) < 4.78 is 11.0. The van der Waals surface area contributed by atoms with Gasteiger partial charge in [-0.15, -0.1) is 0 Å². The van der Waals surface area contributed by atoms with Crippen molar-refractivity contribution >= 4 is 34.8 Å². The fourth-order valence-corrected chi connectivity index (χ4v) is 4.17. The van der Waals surface area contributed by atoms with Gasteiger partial charge < -0.3 is 19.7 Å². The van der Waals surface area contributed by atoms with E-state index in [2.05, 4.69) is 5.32 Å². The van der Waals surface area contributed by atoms with Crippen LogP contribution in [0.5, 0.6) is 11.5 Å². The van der Waals surface area contributed by atoms with E-state index in [1.807, 2.05) is 55.6 Å². The van der Waals surface area contributed by atoms with Gasteiger partial charge in [-0.25, -0.2) is 0 Å². The number of hydrogen-bond acceptors (Lipinski definition) is 3. The smallest absolute Gasteiger partial charge is 0.287 e. The summed E-state index contributed by atoms with van der Waals surface area (Å²) in [7, 11) is 5.19. The Morgan fingerprint density at radius 2 is 1.65 bits per heavy atom. The van der Waals surface area contributed by atoms with Crippen LogP contribution in [-0.2, 0) is 11.3 Å². The van der Waals surface area contributed by atoms with Crippen molar-refractivity contribution in [3.05, 3.63) is 87.9 Å². The van der Waals surface area contributed by atoms with Crippen LogP contribution in [0.25, 0.3) is 0 Å². The Bertz CT molecular complexity index is 1020. The second-order valence-corrected chi connectivity index (χ2v) is 8.04. The van der Waals surface area contributed by atoms with Gasteiger partial charge in [-0.3, -0.25) is 4.79 Å². The quantitative estimate of drug-likeness (QED) is 0.524. The van der Waals surface area contributed by atoms with Crippen LogP contribution in [0.2, 0.25) is 10.0 Å². The zero-order valence-corrected chi connectivity index (χ0v) is 19.1. The summed E-state index contributed by atoms with van der Waals surface area (Å²) in [6.07, 6.45) is 0. The molecule has 1 unspecified atom stereocenters. The molecule has 0 saturated heterocycles. The molecule has 2 N–H and O–H groups in total. The highest BCUT2D eigenvalue weighted by Gasteiger charge is 2.30. The van der Waals surface area contributed by atoms with E-state index >= 15 is 0 Å². The van der Waals surface area contributed by atoms with Gasteiger partial charge in [0.2, 0.25) is 0 Å². The number of quaternary nitrogens is 1. The van der Waals surface area contributed by atoms with Crippen LogP contribution in [0.4, 0.5) is 5.69 Å². The molecule has 0 aliphatic rings. The minimum atomic E-state index is -0.477. The molecule has 31 heavy (non-hydrogen) atoms. The second kappa shape index (κ2) is 10.5. The molecule has 1 amide bonds.